The maximum atomic E-state index is 13.6. The number of benzene rings is 1. The molecule has 136 valence electrons. The van der Waals surface area contributed by atoms with Gasteiger partial charge in [-0.15, -0.1) is 11.3 Å². The molecule has 26 heavy (non-hydrogen) atoms. The van der Waals surface area contributed by atoms with E-state index in [1.165, 1.54) is 6.07 Å². The molecule has 3 aromatic rings. The van der Waals surface area contributed by atoms with Gasteiger partial charge in [-0.25, -0.2) is 9.37 Å². The van der Waals surface area contributed by atoms with Crippen molar-refractivity contribution < 1.29 is 9.13 Å². The van der Waals surface area contributed by atoms with Gasteiger partial charge in [0.15, 0.2) is 0 Å². The van der Waals surface area contributed by atoms with Gasteiger partial charge in [0.05, 0.1) is 25.5 Å². The van der Waals surface area contributed by atoms with Crippen molar-refractivity contribution >= 4 is 11.3 Å². The second-order valence-electron chi connectivity index (χ2n) is 6.62. The molecule has 3 heterocycles. The Morgan fingerprint density at radius 2 is 2.00 bits per heavy atom. The SMILES string of the molecule is Cc1cc(-c2csc(CN3CCOCC3)n2)c(C)n1-c1cccc(F)c1. The van der Waals surface area contributed by atoms with E-state index in [4.69, 9.17) is 9.72 Å². The Bertz CT molecular complexity index is 912. The lowest BCUT2D eigenvalue weighted by Crippen LogP contribution is -2.35. The molecule has 6 heteroatoms. The number of thiazole rings is 1. The number of hydrogen-bond acceptors (Lipinski definition) is 4. The first-order valence-corrected chi connectivity index (χ1v) is 9.69. The fourth-order valence-corrected chi connectivity index (χ4v) is 4.33. The monoisotopic (exact) mass is 371 g/mol. The first-order valence-electron chi connectivity index (χ1n) is 8.81. The molecule has 4 rings (SSSR count). The highest BCUT2D eigenvalue weighted by Gasteiger charge is 2.17. The lowest BCUT2D eigenvalue weighted by atomic mass is 10.2. The van der Waals surface area contributed by atoms with Crippen LogP contribution in [0.15, 0.2) is 35.7 Å². The first-order chi connectivity index (χ1) is 12.6. The number of hydrogen-bond donors (Lipinski definition) is 0. The zero-order valence-corrected chi connectivity index (χ0v) is 15.9. The quantitative estimate of drug-likeness (QED) is 0.689. The van der Waals surface area contributed by atoms with Crippen LogP contribution in [0.4, 0.5) is 4.39 Å². The van der Waals surface area contributed by atoms with E-state index in [-0.39, 0.29) is 5.82 Å². The highest BCUT2D eigenvalue weighted by Crippen LogP contribution is 2.30. The number of aryl methyl sites for hydroxylation is 1. The van der Waals surface area contributed by atoms with Crippen LogP contribution in [-0.4, -0.2) is 40.8 Å². The molecule has 1 fully saturated rings. The van der Waals surface area contributed by atoms with E-state index in [1.807, 2.05) is 13.0 Å². The van der Waals surface area contributed by atoms with Crippen LogP contribution >= 0.6 is 11.3 Å². The van der Waals surface area contributed by atoms with Crippen molar-refractivity contribution in [2.75, 3.05) is 26.3 Å². The maximum Gasteiger partial charge on any atom is 0.125 e. The lowest BCUT2D eigenvalue weighted by molar-refractivity contribution is 0.0342. The molecule has 1 aromatic carbocycles. The van der Waals surface area contributed by atoms with Gasteiger partial charge < -0.3 is 9.30 Å². The van der Waals surface area contributed by atoms with Crippen molar-refractivity contribution in [2.45, 2.75) is 20.4 Å². The van der Waals surface area contributed by atoms with E-state index < -0.39 is 0 Å². The number of rotatable bonds is 4. The Hall–Kier alpha value is -2.02. The minimum absolute atomic E-state index is 0.224. The molecular weight excluding hydrogens is 349 g/mol. The van der Waals surface area contributed by atoms with Crippen molar-refractivity contribution in [3.05, 3.63) is 57.9 Å². The van der Waals surface area contributed by atoms with Gasteiger partial charge in [0.25, 0.3) is 0 Å². The summed E-state index contributed by atoms with van der Waals surface area (Å²) in [6, 6.07) is 8.84. The van der Waals surface area contributed by atoms with E-state index in [9.17, 15) is 4.39 Å². The van der Waals surface area contributed by atoms with Crippen LogP contribution in [-0.2, 0) is 11.3 Å². The summed E-state index contributed by atoms with van der Waals surface area (Å²) in [6.07, 6.45) is 0. The van der Waals surface area contributed by atoms with Crippen molar-refractivity contribution in [1.29, 1.82) is 0 Å². The van der Waals surface area contributed by atoms with Gasteiger partial charge in [0.2, 0.25) is 0 Å². The maximum absolute atomic E-state index is 13.6. The van der Waals surface area contributed by atoms with Crippen LogP contribution in [0.1, 0.15) is 16.4 Å². The van der Waals surface area contributed by atoms with Crippen LogP contribution in [0, 0.1) is 19.7 Å². The number of nitrogens with zero attached hydrogens (tertiary/aromatic N) is 3. The van der Waals surface area contributed by atoms with Crippen LogP contribution in [0.5, 0.6) is 0 Å². The van der Waals surface area contributed by atoms with Crippen LogP contribution in [0.25, 0.3) is 16.9 Å². The number of ether oxygens (including phenoxy) is 1. The highest BCUT2D eigenvalue weighted by molar-refractivity contribution is 7.09. The van der Waals surface area contributed by atoms with Gasteiger partial charge in [-0.2, -0.15) is 0 Å². The molecule has 0 saturated carbocycles. The third-order valence-electron chi connectivity index (χ3n) is 4.79. The van der Waals surface area contributed by atoms with Crippen LogP contribution in [0.2, 0.25) is 0 Å². The highest BCUT2D eigenvalue weighted by atomic mass is 32.1. The molecule has 1 saturated heterocycles. The topological polar surface area (TPSA) is 30.3 Å². The average molecular weight is 371 g/mol. The predicted molar refractivity (Wildman–Crippen MR) is 102 cm³/mol. The summed E-state index contributed by atoms with van der Waals surface area (Å²) < 4.78 is 21.1. The molecule has 1 aliphatic heterocycles. The number of halogens is 1. The van der Waals surface area contributed by atoms with Gasteiger partial charge in [-0.3, -0.25) is 4.90 Å². The zero-order chi connectivity index (χ0) is 18.1. The predicted octanol–water partition coefficient (Wildman–Crippen LogP) is 4.19. The van der Waals surface area contributed by atoms with Gasteiger partial charge in [0.1, 0.15) is 10.8 Å². The van der Waals surface area contributed by atoms with Gasteiger partial charge >= 0.3 is 0 Å². The van der Waals surface area contributed by atoms with Crippen molar-refractivity contribution in [1.82, 2.24) is 14.5 Å². The molecule has 0 aliphatic carbocycles. The van der Waals surface area contributed by atoms with E-state index in [1.54, 1.807) is 23.5 Å². The standard InChI is InChI=1S/C20H22FN3OS/c1-14-10-18(15(2)24(14)17-5-3-4-16(21)11-17)19-13-26-20(22-19)12-23-6-8-25-9-7-23/h3-5,10-11,13H,6-9,12H2,1-2H3. The van der Waals surface area contributed by atoms with Crippen molar-refractivity contribution in [3.8, 4) is 16.9 Å². The third-order valence-corrected chi connectivity index (χ3v) is 5.62. The van der Waals surface area contributed by atoms with E-state index in [0.717, 1.165) is 66.2 Å². The molecule has 0 amide bonds. The summed E-state index contributed by atoms with van der Waals surface area (Å²) in [5.74, 6) is -0.224. The van der Waals surface area contributed by atoms with Crippen LogP contribution in [0.3, 0.4) is 0 Å². The second kappa shape index (κ2) is 7.31. The van der Waals surface area contributed by atoms with E-state index >= 15 is 0 Å². The Balaban J connectivity index is 1.61. The molecule has 1 aliphatic rings. The van der Waals surface area contributed by atoms with Crippen molar-refractivity contribution in [3.63, 3.8) is 0 Å². The average Bonchev–Trinajstić information content (AvgIpc) is 3.20. The van der Waals surface area contributed by atoms with Gasteiger partial charge in [0, 0.05) is 41.1 Å². The second-order valence-corrected chi connectivity index (χ2v) is 7.56. The molecule has 4 nitrogen and oxygen atoms in total. The third kappa shape index (κ3) is 3.45. The normalized spacial score (nSPS) is 15.5. The summed E-state index contributed by atoms with van der Waals surface area (Å²) in [4.78, 5) is 7.23. The Morgan fingerprint density at radius 1 is 1.19 bits per heavy atom. The minimum Gasteiger partial charge on any atom is -0.379 e. The molecule has 0 spiro atoms. The van der Waals surface area contributed by atoms with Gasteiger partial charge in [-0.05, 0) is 38.1 Å². The smallest absolute Gasteiger partial charge is 0.125 e. The zero-order valence-electron chi connectivity index (χ0n) is 15.0. The Labute approximate surface area is 156 Å². The minimum atomic E-state index is -0.224. The molecule has 2 aromatic heterocycles. The summed E-state index contributed by atoms with van der Waals surface area (Å²) in [6.45, 7) is 8.50. The Morgan fingerprint density at radius 3 is 2.77 bits per heavy atom. The summed E-state index contributed by atoms with van der Waals surface area (Å²) >= 11 is 1.70. The fraction of sp³-hybridized carbons (Fsp3) is 0.350. The number of morpholine rings is 1. The lowest BCUT2D eigenvalue weighted by Gasteiger charge is -2.25. The molecule has 0 unspecified atom stereocenters. The molecule has 0 N–H and O–H groups in total. The summed E-state index contributed by atoms with van der Waals surface area (Å²) in [5, 5.41) is 3.24. The molecular formula is C20H22FN3OS. The molecule has 0 radical (unpaired) electrons. The van der Waals surface area contributed by atoms with Gasteiger partial charge in [-0.1, -0.05) is 6.07 Å². The molecule has 0 atom stereocenters. The van der Waals surface area contributed by atoms with E-state index in [2.05, 4.69) is 27.8 Å². The largest absolute Gasteiger partial charge is 0.379 e. The first kappa shape index (κ1) is 17.4. The fourth-order valence-electron chi connectivity index (χ4n) is 3.49. The Kier molecular flexibility index (Phi) is 4.89. The van der Waals surface area contributed by atoms with Crippen LogP contribution < -0.4 is 0 Å². The van der Waals surface area contributed by atoms with Crippen molar-refractivity contribution in [2.24, 2.45) is 0 Å². The number of aromatic nitrogens is 2. The summed E-state index contributed by atoms with van der Waals surface area (Å²) in [7, 11) is 0. The van der Waals surface area contributed by atoms with E-state index in [0.29, 0.717) is 0 Å². The summed E-state index contributed by atoms with van der Waals surface area (Å²) in [5.41, 5.74) is 5.10. The molecule has 0 bridgehead atoms.